The number of hydrogen-bond donors (Lipinski definition) is 0. The summed E-state index contributed by atoms with van der Waals surface area (Å²) in [4.78, 5) is 24.6. The number of benzene rings is 4. The molecule has 0 aliphatic rings. The molecule has 0 atom stereocenters. The Morgan fingerprint density at radius 3 is 1.53 bits per heavy atom. The lowest BCUT2D eigenvalue weighted by Gasteiger charge is -2.18. The molecule has 3 aromatic heterocycles. The van der Waals surface area contributed by atoms with Crippen molar-refractivity contribution in [1.29, 1.82) is 0 Å². The van der Waals surface area contributed by atoms with Crippen LogP contribution in [0.2, 0.25) is 0 Å². The van der Waals surface area contributed by atoms with Crippen molar-refractivity contribution in [3.8, 4) is 45.3 Å². The van der Waals surface area contributed by atoms with Crippen molar-refractivity contribution in [3.05, 3.63) is 127 Å². The van der Waals surface area contributed by atoms with Crippen LogP contribution in [0.15, 0.2) is 115 Å². The summed E-state index contributed by atoms with van der Waals surface area (Å²) < 4.78 is 0. The van der Waals surface area contributed by atoms with Crippen LogP contribution in [0.25, 0.3) is 67.1 Å². The molecule has 0 aliphatic carbocycles. The number of aryl methyl sites for hydroxylation is 1. The van der Waals surface area contributed by atoms with Crippen LogP contribution in [0.3, 0.4) is 0 Å². The van der Waals surface area contributed by atoms with Crippen molar-refractivity contribution >= 4 is 21.8 Å². The lowest BCUT2D eigenvalue weighted by molar-refractivity contribution is 0.571. The molecule has 3 heterocycles. The quantitative estimate of drug-likeness (QED) is 0.202. The summed E-state index contributed by atoms with van der Waals surface area (Å²) in [6, 6.07) is 39.3. The molecule has 0 amide bonds. The third kappa shape index (κ3) is 5.15. The van der Waals surface area contributed by atoms with Gasteiger partial charge in [0.25, 0.3) is 0 Å². The highest BCUT2D eigenvalue weighted by Gasteiger charge is 2.18. The van der Waals surface area contributed by atoms with Crippen molar-refractivity contribution < 1.29 is 0 Å². The molecule has 43 heavy (non-hydrogen) atoms. The van der Waals surface area contributed by atoms with E-state index in [2.05, 4.69) is 75.4 Å². The molecule has 0 saturated carbocycles. The average Bonchev–Trinajstić information content (AvgIpc) is 3.04. The van der Waals surface area contributed by atoms with Crippen LogP contribution in [0.4, 0.5) is 0 Å². The van der Waals surface area contributed by atoms with E-state index in [0.29, 0.717) is 17.5 Å². The van der Waals surface area contributed by atoms with E-state index in [9.17, 15) is 0 Å². The molecular weight excluding hydrogens is 526 g/mol. The highest BCUT2D eigenvalue weighted by Crippen LogP contribution is 2.34. The van der Waals surface area contributed by atoms with Gasteiger partial charge in [-0.3, -0.25) is 4.98 Å². The van der Waals surface area contributed by atoms with Gasteiger partial charge in [-0.15, -0.1) is 0 Å². The summed E-state index contributed by atoms with van der Waals surface area (Å²) in [5.74, 6) is 1.94. The van der Waals surface area contributed by atoms with Gasteiger partial charge >= 0.3 is 0 Å². The Hall–Kier alpha value is -5.29. The second kappa shape index (κ2) is 10.5. The Labute approximate surface area is 251 Å². The van der Waals surface area contributed by atoms with Crippen LogP contribution in [-0.4, -0.2) is 24.9 Å². The number of nitrogens with zero attached hydrogens (tertiary/aromatic N) is 5. The van der Waals surface area contributed by atoms with Crippen LogP contribution in [0, 0.1) is 6.92 Å². The zero-order chi connectivity index (χ0) is 29.6. The largest absolute Gasteiger partial charge is 0.251 e. The molecule has 0 fully saturated rings. The Kier molecular flexibility index (Phi) is 6.51. The van der Waals surface area contributed by atoms with Gasteiger partial charge in [0.1, 0.15) is 0 Å². The van der Waals surface area contributed by atoms with E-state index < -0.39 is 0 Å². The molecule has 7 rings (SSSR count). The van der Waals surface area contributed by atoms with Crippen LogP contribution in [-0.2, 0) is 5.41 Å². The monoisotopic (exact) mass is 557 g/mol. The van der Waals surface area contributed by atoms with Gasteiger partial charge in [-0.1, -0.05) is 124 Å². The second-order valence-electron chi connectivity index (χ2n) is 11.9. The predicted molar refractivity (Wildman–Crippen MR) is 176 cm³/mol. The Morgan fingerprint density at radius 2 is 0.977 bits per heavy atom. The molecule has 0 aliphatic heterocycles. The van der Waals surface area contributed by atoms with Crippen molar-refractivity contribution in [1.82, 2.24) is 24.9 Å². The minimum absolute atomic E-state index is 0.0470. The molecule has 0 saturated heterocycles. The van der Waals surface area contributed by atoms with E-state index >= 15 is 0 Å². The summed E-state index contributed by atoms with van der Waals surface area (Å²) in [7, 11) is 0. The van der Waals surface area contributed by atoms with Crippen molar-refractivity contribution in [3.63, 3.8) is 0 Å². The fourth-order valence-corrected chi connectivity index (χ4v) is 5.39. The number of fused-ring (bicyclic) bond motifs is 3. The third-order valence-electron chi connectivity index (χ3n) is 7.69. The fourth-order valence-electron chi connectivity index (χ4n) is 5.39. The maximum absolute atomic E-state index is 5.09. The van der Waals surface area contributed by atoms with E-state index in [1.165, 1.54) is 0 Å². The SMILES string of the molecule is Cc1cc(-c2ccc(-c3nc(-c4ccccc4)nc(-c4ccccc4)n3)cc2)c2ccc3ccc(C(C)(C)C)nc3c2n1. The predicted octanol–water partition coefficient (Wildman–Crippen LogP) is 9.24. The first-order valence-corrected chi connectivity index (χ1v) is 14.5. The van der Waals surface area contributed by atoms with Gasteiger partial charge in [-0.05, 0) is 30.2 Å². The highest BCUT2D eigenvalue weighted by molar-refractivity contribution is 6.08. The third-order valence-corrected chi connectivity index (χ3v) is 7.69. The maximum atomic E-state index is 5.09. The number of pyridine rings is 2. The van der Waals surface area contributed by atoms with Crippen molar-refractivity contribution in [2.45, 2.75) is 33.1 Å². The smallest absolute Gasteiger partial charge is 0.164 e. The van der Waals surface area contributed by atoms with E-state index in [0.717, 1.165) is 61.0 Å². The minimum Gasteiger partial charge on any atom is -0.251 e. The molecule has 0 bridgehead atoms. The van der Waals surface area contributed by atoms with E-state index in [1.807, 2.05) is 67.6 Å². The molecule has 0 unspecified atom stereocenters. The fraction of sp³-hybridized carbons (Fsp3) is 0.132. The van der Waals surface area contributed by atoms with E-state index in [1.54, 1.807) is 0 Å². The first kappa shape index (κ1) is 26.6. The second-order valence-corrected chi connectivity index (χ2v) is 11.9. The first-order valence-electron chi connectivity index (χ1n) is 14.5. The Morgan fingerprint density at radius 1 is 0.465 bits per heavy atom. The zero-order valence-electron chi connectivity index (χ0n) is 24.7. The number of hydrogen-bond acceptors (Lipinski definition) is 5. The standard InChI is InChI=1S/C38H31N5/c1-24-23-31(30-21-19-26-20-22-32(38(2,3)4)40-33(26)34(30)39-24)25-15-17-29(18-16-25)37-42-35(27-11-7-5-8-12-27)41-36(43-37)28-13-9-6-10-14-28/h5-23H,1-4H3. The van der Waals surface area contributed by atoms with Gasteiger partial charge in [0.2, 0.25) is 0 Å². The minimum atomic E-state index is -0.0470. The van der Waals surface area contributed by atoms with Gasteiger partial charge in [0.05, 0.1) is 11.0 Å². The highest BCUT2D eigenvalue weighted by atomic mass is 15.0. The van der Waals surface area contributed by atoms with Crippen LogP contribution >= 0.6 is 0 Å². The zero-order valence-corrected chi connectivity index (χ0v) is 24.7. The molecule has 4 aromatic carbocycles. The topological polar surface area (TPSA) is 64.5 Å². The summed E-state index contributed by atoms with van der Waals surface area (Å²) in [6.45, 7) is 8.62. The summed E-state index contributed by atoms with van der Waals surface area (Å²) in [5.41, 5.74) is 8.91. The van der Waals surface area contributed by atoms with Crippen LogP contribution in [0.5, 0.6) is 0 Å². The molecule has 7 aromatic rings. The van der Waals surface area contributed by atoms with Gasteiger partial charge in [-0.25, -0.2) is 19.9 Å². The summed E-state index contributed by atoms with van der Waals surface area (Å²) >= 11 is 0. The maximum Gasteiger partial charge on any atom is 0.164 e. The van der Waals surface area contributed by atoms with E-state index in [4.69, 9.17) is 24.9 Å². The van der Waals surface area contributed by atoms with Gasteiger partial charge < -0.3 is 0 Å². The van der Waals surface area contributed by atoms with Crippen molar-refractivity contribution in [2.24, 2.45) is 0 Å². The van der Waals surface area contributed by atoms with Gasteiger partial charge in [-0.2, -0.15) is 0 Å². The Bertz CT molecular complexity index is 2040. The van der Waals surface area contributed by atoms with Crippen LogP contribution in [0.1, 0.15) is 32.2 Å². The Balaban J connectivity index is 1.34. The average molecular weight is 558 g/mol. The molecule has 5 heteroatoms. The normalized spacial score (nSPS) is 11.7. The first-order chi connectivity index (χ1) is 20.8. The molecule has 0 N–H and O–H groups in total. The van der Waals surface area contributed by atoms with E-state index in [-0.39, 0.29) is 5.41 Å². The van der Waals surface area contributed by atoms with Gasteiger partial charge in [0, 0.05) is 44.3 Å². The number of aromatic nitrogens is 5. The molecular formula is C38H31N5. The molecule has 0 radical (unpaired) electrons. The molecule has 0 spiro atoms. The number of rotatable bonds is 4. The molecule has 5 nitrogen and oxygen atoms in total. The summed E-state index contributed by atoms with van der Waals surface area (Å²) in [5, 5.41) is 2.18. The molecule has 208 valence electrons. The lowest BCUT2D eigenvalue weighted by atomic mass is 9.91. The van der Waals surface area contributed by atoms with Gasteiger partial charge in [0.15, 0.2) is 17.5 Å². The lowest BCUT2D eigenvalue weighted by Crippen LogP contribution is -2.13. The van der Waals surface area contributed by atoms with Crippen LogP contribution < -0.4 is 0 Å². The summed E-state index contributed by atoms with van der Waals surface area (Å²) in [6.07, 6.45) is 0. The van der Waals surface area contributed by atoms with Crippen molar-refractivity contribution in [2.75, 3.05) is 0 Å².